The van der Waals surface area contributed by atoms with Crippen molar-refractivity contribution < 1.29 is 9.53 Å². The molecule has 0 unspecified atom stereocenters. The third kappa shape index (κ3) is 5.11. The molecule has 0 aliphatic heterocycles. The topological polar surface area (TPSA) is 106 Å². The lowest BCUT2D eigenvalue weighted by Gasteiger charge is -2.10. The van der Waals surface area contributed by atoms with Gasteiger partial charge in [-0.05, 0) is 36.4 Å². The Balaban J connectivity index is 1.51. The van der Waals surface area contributed by atoms with E-state index in [0.29, 0.717) is 22.4 Å². The number of anilines is 1. The van der Waals surface area contributed by atoms with Crippen molar-refractivity contribution >= 4 is 23.4 Å². The summed E-state index contributed by atoms with van der Waals surface area (Å²) in [6.07, 6.45) is 3.43. The van der Waals surface area contributed by atoms with Gasteiger partial charge in [-0.2, -0.15) is 5.26 Å². The van der Waals surface area contributed by atoms with Gasteiger partial charge in [-0.15, -0.1) is 10.2 Å². The highest BCUT2D eigenvalue weighted by Crippen LogP contribution is 2.27. The molecule has 2 heterocycles. The summed E-state index contributed by atoms with van der Waals surface area (Å²) in [6.45, 7) is -0.0539. The highest BCUT2D eigenvalue weighted by molar-refractivity contribution is 7.99. The fourth-order valence-corrected chi connectivity index (χ4v) is 3.71. The second-order valence-electron chi connectivity index (χ2n) is 6.53. The quantitative estimate of drug-likeness (QED) is 0.412. The molecule has 2 aromatic carbocycles. The molecule has 9 heteroatoms. The zero-order valence-corrected chi connectivity index (χ0v) is 17.7. The smallest absolute Gasteiger partial charge is 0.234 e. The first-order valence-electron chi connectivity index (χ1n) is 9.68. The Morgan fingerprint density at radius 3 is 2.75 bits per heavy atom. The average Bonchev–Trinajstić information content (AvgIpc) is 3.27. The minimum Gasteiger partial charge on any atom is -0.479 e. The van der Waals surface area contributed by atoms with E-state index in [2.05, 4.69) is 20.5 Å². The van der Waals surface area contributed by atoms with Gasteiger partial charge in [-0.3, -0.25) is 14.3 Å². The van der Waals surface area contributed by atoms with Crippen molar-refractivity contribution in [1.82, 2.24) is 19.7 Å². The molecule has 0 aliphatic rings. The van der Waals surface area contributed by atoms with E-state index in [9.17, 15) is 4.79 Å². The van der Waals surface area contributed by atoms with Gasteiger partial charge in [-0.1, -0.05) is 36.0 Å². The summed E-state index contributed by atoms with van der Waals surface area (Å²) < 4.78 is 7.18. The summed E-state index contributed by atoms with van der Waals surface area (Å²) >= 11 is 1.29. The van der Waals surface area contributed by atoms with Gasteiger partial charge in [-0.25, -0.2) is 0 Å². The fourth-order valence-electron chi connectivity index (χ4n) is 2.96. The molecule has 0 saturated heterocycles. The van der Waals surface area contributed by atoms with Crippen LogP contribution in [-0.2, 0) is 4.79 Å². The largest absolute Gasteiger partial charge is 0.479 e. The van der Waals surface area contributed by atoms with Gasteiger partial charge in [0.05, 0.1) is 5.75 Å². The Hall–Kier alpha value is -4.16. The number of nitrogens with one attached hydrogen (secondary N) is 1. The van der Waals surface area contributed by atoms with E-state index in [1.807, 2.05) is 53.1 Å². The van der Waals surface area contributed by atoms with Gasteiger partial charge >= 0.3 is 0 Å². The molecular weight excluding hydrogens is 424 g/mol. The van der Waals surface area contributed by atoms with E-state index in [-0.39, 0.29) is 18.3 Å². The van der Waals surface area contributed by atoms with Gasteiger partial charge < -0.3 is 10.1 Å². The highest BCUT2D eigenvalue weighted by atomic mass is 32.2. The Morgan fingerprint density at radius 2 is 1.97 bits per heavy atom. The van der Waals surface area contributed by atoms with E-state index in [1.54, 1.807) is 36.7 Å². The molecule has 0 saturated carbocycles. The monoisotopic (exact) mass is 442 g/mol. The van der Waals surface area contributed by atoms with Crippen LogP contribution in [0.3, 0.4) is 0 Å². The number of nitrogens with zero attached hydrogens (tertiary/aromatic N) is 5. The van der Waals surface area contributed by atoms with Gasteiger partial charge in [0.1, 0.15) is 11.8 Å². The number of ether oxygens (including phenoxy) is 1. The number of carbonyl (C=O) groups is 1. The number of amides is 1. The van der Waals surface area contributed by atoms with Crippen LogP contribution < -0.4 is 10.1 Å². The number of para-hydroxylation sites is 1. The molecule has 0 fully saturated rings. The van der Waals surface area contributed by atoms with Crippen LogP contribution in [0.2, 0.25) is 0 Å². The van der Waals surface area contributed by atoms with Gasteiger partial charge in [0.2, 0.25) is 5.91 Å². The Labute approximate surface area is 188 Å². The first-order valence-corrected chi connectivity index (χ1v) is 10.7. The van der Waals surface area contributed by atoms with Crippen molar-refractivity contribution in [2.24, 2.45) is 0 Å². The average molecular weight is 443 g/mol. The number of carbonyl (C=O) groups excluding carboxylic acids is 1. The van der Waals surface area contributed by atoms with E-state index in [1.165, 1.54) is 11.8 Å². The van der Waals surface area contributed by atoms with E-state index < -0.39 is 0 Å². The van der Waals surface area contributed by atoms with Crippen LogP contribution in [0.5, 0.6) is 5.75 Å². The minimum atomic E-state index is -0.196. The zero-order valence-electron chi connectivity index (χ0n) is 16.9. The van der Waals surface area contributed by atoms with Gasteiger partial charge in [0.15, 0.2) is 17.6 Å². The van der Waals surface area contributed by atoms with Crippen LogP contribution in [0, 0.1) is 11.3 Å². The Bertz CT molecular complexity index is 1240. The summed E-state index contributed by atoms with van der Waals surface area (Å²) in [5.41, 5.74) is 2.31. The van der Waals surface area contributed by atoms with E-state index in [4.69, 9.17) is 10.00 Å². The van der Waals surface area contributed by atoms with Gasteiger partial charge in [0.25, 0.3) is 0 Å². The maximum atomic E-state index is 12.5. The predicted octanol–water partition coefficient (Wildman–Crippen LogP) is 3.96. The number of hydrogen-bond acceptors (Lipinski definition) is 7. The van der Waals surface area contributed by atoms with Crippen LogP contribution in [-0.4, -0.2) is 38.0 Å². The molecule has 8 nitrogen and oxygen atoms in total. The number of hydrogen-bond donors (Lipinski definition) is 1. The summed E-state index contributed by atoms with van der Waals surface area (Å²) in [5.74, 6) is 1.11. The second-order valence-corrected chi connectivity index (χ2v) is 7.47. The SMILES string of the molecule is N#CCOc1cccc(NC(=O)CSc2nnc(-c3cccnc3)n2-c2ccccc2)c1. The van der Waals surface area contributed by atoms with Crippen molar-refractivity contribution in [2.75, 3.05) is 17.7 Å². The molecule has 0 aliphatic carbocycles. The third-order valence-corrected chi connectivity index (χ3v) is 5.25. The van der Waals surface area contributed by atoms with Crippen molar-refractivity contribution in [1.29, 1.82) is 5.26 Å². The third-order valence-electron chi connectivity index (χ3n) is 4.32. The summed E-state index contributed by atoms with van der Waals surface area (Å²) in [4.78, 5) is 16.7. The first-order chi connectivity index (χ1) is 15.7. The molecule has 0 atom stereocenters. The first kappa shape index (κ1) is 21.1. The van der Waals surface area contributed by atoms with Crippen LogP contribution >= 0.6 is 11.8 Å². The lowest BCUT2D eigenvalue weighted by atomic mass is 10.2. The zero-order chi connectivity index (χ0) is 22.2. The molecule has 0 spiro atoms. The van der Waals surface area contributed by atoms with Crippen LogP contribution in [0.4, 0.5) is 5.69 Å². The lowest BCUT2D eigenvalue weighted by Crippen LogP contribution is -2.14. The van der Waals surface area contributed by atoms with Crippen LogP contribution in [0.25, 0.3) is 17.1 Å². The fraction of sp³-hybridized carbons (Fsp3) is 0.0870. The molecule has 32 heavy (non-hydrogen) atoms. The molecule has 1 N–H and O–H groups in total. The van der Waals surface area contributed by atoms with Crippen LogP contribution in [0.1, 0.15) is 0 Å². The molecular formula is C23H18N6O2S. The molecule has 2 aromatic heterocycles. The molecule has 1 amide bonds. The van der Waals surface area contributed by atoms with Crippen LogP contribution in [0.15, 0.2) is 84.3 Å². The summed E-state index contributed by atoms with van der Waals surface area (Å²) in [5, 5.41) is 20.7. The molecule has 0 bridgehead atoms. The van der Waals surface area contributed by atoms with E-state index in [0.717, 1.165) is 11.3 Å². The maximum absolute atomic E-state index is 12.5. The number of pyridine rings is 1. The second kappa shape index (κ2) is 10.2. The maximum Gasteiger partial charge on any atom is 0.234 e. The lowest BCUT2D eigenvalue weighted by molar-refractivity contribution is -0.113. The Kier molecular flexibility index (Phi) is 6.75. The molecule has 4 rings (SSSR count). The summed E-state index contributed by atoms with van der Waals surface area (Å²) in [7, 11) is 0. The van der Waals surface area contributed by atoms with Crippen molar-refractivity contribution in [2.45, 2.75) is 5.16 Å². The molecule has 4 aromatic rings. The number of aromatic nitrogens is 4. The highest BCUT2D eigenvalue weighted by Gasteiger charge is 2.17. The normalized spacial score (nSPS) is 10.3. The van der Waals surface area contributed by atoms with Crippen molar-refractivity contribution in [3.63, 3.8) is 0 Å². The number of thioether (sulfide) groups is 1. The van der Waals surface area contributed by atoms with Crippen molar-refractivity contribution in [3.05, 3.63) is 79.1 Å². The molecule has 0 radical (unpaired) electrons. The van der Waals surface area contributed by atoms with E-state index >= 15 is 0 Å². The predicted molar refractivity (Wildman–Crippen MR) is 121 cm³/mol. The standard InChI is InChI=1S/C23H18N6O2S/c24-11-13-31-20-10-4-7-18(14-20)26-21(30)16-32-23-28-27-22(17-6-5-12-25-15-17)29(23)19-8-2-1-3-9-19/h1-10,12,14-15H,13,16H2,(H,26,30). The minimum absolute atomic E-state index is 0.0539. The van der Waals surface area contributed by atoms with Crippen molar-refractivity contribution in [3.8, 4) is 28.9 Å². The van der Waals surface area contributed by atoms with Gasteiger partial charge in [0, 0.05) is 35.4 Å². The summed E-state index contributed by atoms with van der Waals surface area (Å²) in [6, 6.07) is 22.3. The Morgan fingerprint density at radius 1 is 1.09 bits per heavy atom. The molecule has 158 valence electrons. The number of nitriles is 1. The number of benzene rings is 2. The number of rotatable bonds is 8.